The average Bonchev–Trinajstić information content (AvgIpc) is 2.64. The van der Waals surface area contributed by atoms with E-state index in [0.29, 0.717) is 11.6 Å². The van der Waals surface area contributed by atoms with Gasteiger partial charge in [-0.3, -0.25) is 13.9 Å². The van der Waals surface area contributed by atoms with Gasteiger partial charge in [0.1, 0.15) is 6.54 Å². The molecule has 2 N–H and O–H groups in total. The third kappa shape index (κ3) is 6.35. The second-order valence-electron chi connectivity index (χ2n) is 6.22. The Bertz CT molecular complexity index is 1010. The smallest absolute Gasteiger partial charge is 0.253 e. The molecule has 156 valence electrons. The predicted molar refractivity (Wildman–Crippen MR) is 116 cm³/mol. The fourth-order valence-corrected chi connectivity index (χ4v) is 3.94. The number of anilines is 2. The van der Waals surface area contributed by atoms with Gasteiger partial charge in [0.25, 0.3) is 5.91 Å². The van der Waals surface area contributed by atoms with E-state index in [1.165, 1.54) is 18.2 Å². The lowest BCUT2D eigenvalue weighted by Gasteiger charge is -2.23. The second-order valence-corrected chi connectivity index (χ2v) is 8.97. The highest BCUT2D eigenvalue weighted by molar-refractivity contribution is 7.92. The Balaban J connectivity index is 2.25. The lowest BCUT2D eigenvalue weighted by atomic mass is 10.1. The molecule has 2 aromatic carbocycles. The second kappa shape index (κ2) is 9.96. The molecule has 2 rings (SSSR count). The number of nitrogens with zero attached hydrogens (tertiary/aromatic N) is 1. The summed E-state index contributed by atoms with van der Waals surface area (Å²) < 4.78 is 25.4. The van der Waals surface area contributed by atoms with Crippen molar-refractivity contribution < 1.29 is 18.0 Å². The van der Waals surface area contributed by atoms with Gasteiger partial charge in [-0.15, -0.1) is 0 Å². The van der Waals surface area contributed by atoms with Gasteiger partial charge in [-0.05, 0) is 36.8 Å². The molecule has 0 bridgehead atoms. The van der Waals surface area contributed by atoms with Crippen LogP contribution in [0, 0.1) is 0 Å². The molecule has 0 heterocycles. The van der Waals surface area contributed by atoms with Crippen molar-refractivity contribution in [3.05, 3.63) is 58.1 Å². The summed E-state index contributed by atoms with van der Waals surface area (Å²) in [6, 6.07) is 10.8. The molecule has 0 saturated carbocycles. The van der Waals surface area contributed by atoms with Crippen LogP contribution in [0.2, 0.25) is 10.0 Å². The summed E-state index contributed by atoms with van der Waals surface area (Å²) in [7, 11) is -3.81. The van der Waals surface area contributed by atoms with E-state index < -0.39 is 22.5 Å². The Hall–Kier alpha value is -2.29. The largest absolute Gasteiger partial charge is 0.352 e. The van der Waals surface area contributed by atoms with E-state index in [-0.39, 0.29) is 27.9 Å². The number of rotatable bonds is 8. The van der Waals surface area contributed by atoms with Gasteiger partial charge in [0.15, 0.2) is 0 Å². The fourth-order valence-electron chi connectivity index (χ4n) is 2.51. The lowest BCUT2D eigenvalue weighted by Crippen LogP contribution is -2.38. The molecule has 29 heavy (non-hydrogen) atoms. The van der Waals surface area contributed by atoms with Gasteiger partial charge < -0.3 is 10.6 Å². The normalized spacial score (nSPS) is 11.0. The third-order valence-electron chi connectivity index (χ3n) is 3.85. The standard InChI is InChI=1S/C19H21Cl2N3O4S/c1-3-10-22-19(26)14-6-4-5-7-16(14)23-18(25)12-24(29(2,27)28)17-9-8-13(20)11-15(17)21/h4-9,11H,3,10,12H2,1-2H3,(H,22,26)(H,23,25). The molecular weight excluding hydrogens is 437 g/mol. The number of benzene rings is 2. The molecular formula is C19H21Cl2N3O4S. The van der Waals surface area contributed by atoms with Crippen LogP contribution in [-0.4, -0.2) is 39.6 Å². The van der Waals surface area contributed by atoms with Crippen LogP contribution in [0.1, 0.15) is 23.7 Å². The SMILES string of the molecule is CCCNC(=O)c1ccccc1NC(=O)CN(c1ccc(Cl)cc1Cl)S(C)(=O)=O. The number of carbonyl (C=O) groups is 2. The van der Waals surface area contributed by atoms with Crippen molar-refractivity contribution in [1.82, 2.24) is 5.32 Å². The lowest BCUT2D eigenvalue weighted by molar-refractivity contribution is -0.114. The van der Waals surface area contributed by atoms with Crippen LogP contribution >= 0.6 is 23.2 Å². The van der Waals surface area contributed by atoms with Crippen LogP contribution in [0.15, 0.2) is 42.5 Å². The molecule has 0 spiro atoms. The quantitative estimate of drug-likeness (QED) is 0.633. The van der Waals surface area contributed by atoms with Crippen LogP contribution in [0.25, 0.3) is 0 Å². The molecule has 0 unspecified atom stereocenters. The van der Waals surface area contributed by atoms with Gasteiger partial charge in [-0.25, -0.2) is 8.42 Å². The number of hydrogen-bond donors (Lipinski definition) is 2. The van der Waals surface area contributed by atoms with Gasteiger partial charge in [0.05, 0.1) is 28.2 Å². The monoisotopic (exact) mass is 457 g/mol. The molecule has 7 nitrogen and oxygen atoms in total. The molecule has 0 aliphatic carbocycles. The van der Waals surface area contributed by atoms with E-state index in [2.05, 4.69) is 10.6 Å². The fraction of sp³-hybridized carbons (Fsp3) is 0.263. The minimum atomic E-state index is -3.81. The molecule has 10 heteroatoms. The highest BCUT2D eigenvalue weighted by Gasteiger charge is 2.24. The Morgan fingerprint density at radius 3 is 2.41 bits per heavy atom. The highest BCUT2D eigenvalue weighted by Crippen LogP contribution is 2.30. The van der Waals surface area contributed by atoms with E-state index in [1.807, 2.05) is 6.92 Å². The minimum absolute atomic E-state index is 0.0927. The molecule has 0 fully saturated rings. The highest BCUT2D eigenvalue weighted by atomic mass is 35.5. The van der Waals surface area contributed by atoms with Crippen molar-refractivity contribution in [2.75, 3.05) is 29.0 Å². The molecule has 0 saturated heterocycles. The van der Waals surface area contributed by atoms with Crippen molar-refractivity contribution in [2.24, 2.45) is 0 Å². The van der Waals surface area contributed by atoms with Crippen molar-refractivity contribution in [3.8, 4) is 0 Å². The third-order valence-corrected chi connectivity index (χ3v) is 5.51. The van der Waals surface area contributed by atoms with Crippen LogP contribution in [0.3, 0.4) is 0 Å². The number of halogens is 2. The number of amides is 2. The molecule has 2 amide bonds. The number of carbonyl (C=O) groups excluding carboxylic acids is 2. The molecule has 0 radical (unpaired) electrons. The van der Waals surface area contributed by atoms with E-state index in [4.69, 9.17) is 23.2 Å². The number of para-hydroxylation sites is 1. The zero-order valence-corrected chi connectivity index (χ0v) is 18.2. The number of nitrogens with one attached hydrogen (secondary N) is 2. The molecule has 0 aromatic heterocycles. The van der Waals surface area contributed by atoms with Gasteiger partial charge in [0, 0.05) is 11.6 Å². The van der Waals surface area contributed by atoms with E-state index in [1.54, 1.807) is 24.3 Å². The predicted octanol–water partition coefficient (Wildman–Crippen LogP) is 3.54. The summed E-state index contributed by atoms with van der Waals surface area (Å²) in [6.07, 6.45) is 1.74. The Morgan fingerprint density at radius 1 is 1.10 bits per heavy atom. The van der Waals surface area contributed by atoms with Crippen LogP contribution in [0.5, 0.6) is 0 Å². The first-order chi connectivity index (χ1) is 13.6. The van der Waals surface area contributed by atoms with Crippen molar-refractivity contribution in [3.63, 3.8) is 0 Å². The van der Waals surface area contributed by atoms with Crippen LogP contribution in [-0.2, 0) is 14.8 Å². The Kier molecular flexibility index (Phi) is 7.89. The molecule has 2 aromatic rings. The average molecular weight is 458 g/mol. The van der Waals surface area contributed by atoms with Gasteiger partial charge in [-0.1, -0.05) is 42.3 Å². The first-order valence-electron chi connectivity index (χ1n) is 8.73. The first-order valence-corrected chi connectivity index (χ1v) is 11.3. The topological polar surface area (TPSA) is 95.6 Å². The minimum Gasteiger partial charge on any atom is -0.352 e. The summed E-state index contributed by atoms with van der Waals surface area (Å²) in [6.45, 7) is 1.90. The molecule has 0 aliphatic heterocycles. The molecule has 0 aliphatic rings. The maximum Gasteiger partial charge on any atom is 0.253 e. The maximum atomic E-state index is 12.6. The van der Waals surface area contributed by atoms with E-state index in [0.717, 1.165) is 17.0 Å². The number of sulfonamides is 1. The number of hydrogen-bond acceptors (Lipinski definition) is 4. The summed E-state index contributed by atoms with van der Waals surface area (Å²) in [5, 5.41) is 5.76. The van der Waals surface area contributed by atoms with E-state index >= 15 is 0 Å². The summed E-state index contributed by atoms with van der Waals surface area (Å²) in [5.74, 6) is -0.958. The summed E-state index contributed by atoms with van der Waals surface area (Å²) >= 11 is 12.0. The first kappa shape index (κ1) is 23.0. The Morgan fingerprint density at radius 2 is 1.79 bits per heavy atom. The van der Waals surface area contributed by atoms with Crippen molar-refractivity contribution >= 4 is 56.4 Å². The van der Waals surface area contributed by atoms with Gasteiger partial charge >= 0.3 is 0 Å². The van der Waals surface area contributed by atoms with Gasteiger partial charge in [-0.2, -0.15) is 0 Å². The van der Waals surface area contributed by atoms with Crippen LogP contribution < -0.4 is 14.9 Å². The molecule has 0 atom stereocenters. The zero-order chi connectivity index (χ0) is 21.6. The van der Waals surface area contributed by atoms with Crippen LogP contribution in [0.4, 0.5) is 11.4 Å². The zero-order valence-electron chi connectivity index (χ0n) is 15.9. The summed E-state index contributed by atoms with van der Waals surface area (Å²) in [5.41, 5.74) is 0.689. The van der Waals surface area contributed by atoms with E-state index in [9.17, 15) is 18.0 Å². The Labute approximate surface area is 180 Å². The van der Waals surface area contributed by atoms with Gasteiger partial charge in [0.2, 0.25) is 15.9 Å². The van der Waals surface area contributed by atoms with Crippen molar-refractivity contribution in [1.29, 1.82) is 0 Å². The summed E-state index contributed by atoms with van der Waals surface area (Å²) in [4.78, 5) is 24.9. The van der Waals surface area contributed by atoms with Crippen molar-refractivity contribution in [2.45, 2.75) is 13.3 Å². The maximum absolute atomic E-state index is 12.6.